The molecule has 7 nitrogen and oxygen atoms in total. The number of aliphatic imine (C=N–C) groups is 1. The van der Waals surface area contributed by atoms with Gasteiger partial charge in [-0.2, -0.15) is 0 Å². The van der Waals surface area contributed by atoms with Crippen LogP contribution in [-0.4, -0.2) is 34.0 Å². The minimum Gasteiger partial charge on any atom is -0.493 e. The maximum atomic E-state index is 13.2. The van der Waals surface area contributed by atoms with E-state index in [-0.39, 0.29) is 24.0 Å². The molecule has 0 aromatic heterocycles. The van der Waals surface area contributed by atoms with Crippen LogP contribution in [0.15, 0.2) is 53.5 Å². The van der Waals surface area contributed by atoms with Crippen LogP contribution >= 0.6 is 0 Å². The second-order valence-electron chi connectivity index (χ2n) is 8.99. The zero-order valence-corrected chi connectivity index (χ0v) is 19.6. The molecule has 2 aliphatic heterocycles. The van der Waals surface area contributed by atoms with Gasteiger partial charge < -0.3 is 15.6 Å². The average molecular weight is 451 g/mol. The molecule has 7 heteroatoms. The number of fused-ring (bicyclic) bond motifs is 1. The van der Waals surface area contributed by atoms with Crippen molar-refractivity contribution in [2.75, 3.05) is 6.61 Å². The number of ether oxygens (including phenoxy) is 1. The summed E-state index contributed by atoms with van der Waals surface area (Å²) in [6, 6.07) is 15.3. The molecule has 176 valence electrons. The number of nitrogens with two attached hydrogens (primary N) is 1. The smallest absolute Gasteiger partial charge is 0.232 e. The SMILES string of the molecule is CCC1(CC)CC(=O)N([C@@H]2CCOc3ccc(C(O)N[C@@H](C)c4ccccc4)cc32)C(N)=N1. The molecule has 0 bridgehead atoms. The summed E-state index contributed by atoms with van der Waals surface area (Å²) in [6.45, 7) is 6.60. The number of hydrogen-bond donors (Lipinski definition) is 3. The highest BCUT2D eigenvalue weighted by Crippen LogP contribution is 2.40. The van der Waals surface area contributed by atoms with Crippen LogP contribution in [0, 0.1) is 0 Å². The van der Waals surface area contributed by atoms with E-state index in [0.717, 1.165) is 24.0 Å². The predicted molar refractivity (Wildman–Crippen MR) is 129 cm³/mol. The van der Waals surface area contributed by atoms with E-state index < -0.39 is 11.8 Å². The zero-order chi connectivity index (χ0) is 23.6. The predicted octanol–water partition coefficient (Wildman–Crippen LogP) is 3.96. The Morgan fingerprint density at radius 2 is 1.94 bits per heavy atom. The number of carbonyl (C=O) groups excluding carboxylic acids is 1. The van der Waals surface area contributed by atoms with Crippen molar-refractivity contribution in [1.82, 2.24) is 10.2 Å². The Morgan fingerprint density at radius 1 is 1.21 bits per heavy atom. The quantitative estimate of drug-likeness (QED) is 0.555. The lowest BCUT2D eigenvalue weighted by atomic mass is 9.87. The van der Waals surface area contributed by atoms with Crippen molar-refractivity contribution in [2.24, 2.45) is 10.7 Å². The first kappa shape index (κ1) is 23.3. The Kier molecular flexibility index (Phi) is 6.72. The molecule has 1 amide bonds. The fourth-order valence-electron chi connectivity index (χ4n) is 4.83. The standard InChI is InChI=1S/C26H34N4O3/c1-4-26(5-2)16-23(31)30(25(27)29-26)21-13-14-33-22-12-11-19(15-20(21)22)24(32)28-17(3)18-9-7-6-8-10-18/h6-12,15,17,21,24,28,32H,4-5,13-14,16H2,1-3H3,(H2,27,29)/t17-,21+,24?/m0/s1. The van der Waals surface area contributed by atoms with Gasteiger partial charge in [0.15, 0.2) is 5.96 Å². The summed E-state index contributed by atoms with van der Waals surface area (Å²) in [5.74, 6) is 0.974. The number of rotatable bonds is 7. The van der Waals surface area contributed by atoms with E-state index in [4.69, 9.17) is 15.5 Å². The first-order chi connectivity index (χ1) is 15.9. The van der Waals surface area contributed by atoms with Crippen LogP contribution in [0.3, 0.4) is 0 Å². The molecule has 2 aliphatic rings. The molecule has 2 heterocycles. The van der Waals surface area contributed by atoms with Crippen LogP contribution in [0.4, 0.5) is 0 Å². The van der Waals surface area contributed by atoms with E-state index in [9.17, 15) is 9.90 Å². The lowest BCUT2D eigenvalue weighted by Crippen LogP contribution is -2.53. The molecule has 2 aromatic carbocycles. The molecule has 4 N–H and O–H groups in total. The summed E-state index contributed by atoms with van der Waals surface area (Å²) in [4.78, 5) is 19.6. The van der Waals surface area contributed by atoms with Crippen LogP contribution < -0.4 is 15.8 Å². The van der Waals surface area contributed by atoms with Gasteiger partial charge in [-0.15, -0.1) is 0 Å². The van der Waals surface area contributed by atoms with E-state index in [0.29, 0.717) is 30.8 Å². The van der Waals surface area contributed by atoms with Gasteiger partial charge in [0.25, 0.3) is 0 Å². The fraction of sp³-hybridized carbons (Fsp3) is 0.462. The number of amides is 1. The van der Waals surface area contributed by atoms with E-state index >= 15 is 0 Å². The lowest BCUT2D eigenvalue weighted by Gasteiger charge is -2.41. The molecule has 33 heavy (non-hydrogen) atoms. The Labute approximate surface area is 195 Å². The third kappa shape index (κ3) is 4.61. The van der Waals surface area contributed by atoms with Crippen LogP contribution in [0.2, 0.25) is 0 Å². The van der Waals surface area contributed by atoms with E-state index in [2.05, 4.69) is 5.32 Å². The summed E-state index contributed by atoms with van der Waals surface area (Å²) in [6.07, 6.45) is 1.65. The largest absolute Gasteiger partial charge is 0.493 e. The first-order valence-corrected chi connectivity index (χ1v) is 11.8. The van der Waals surface area contributed by atoms with E-state index in [1.54, 1.807) is 4.90 Å². The molecule has 0 saturated carbocycles. The minimum absolute atomic E-state index is 0.00849. The molecule has 0 spiro atoms. The summed E-state index contributed by atoms with van der Waals surface area (Å²) >= 11 is 0. The van der Waals surface area contributed by atoms with Gasteiger partial charge in [0, 0.05) is 18.0 Å². The van der Waals surface area contributed by atoms with Gasteiger partial charge in [0.1, 0.15) is 12.0 Å². The molecular formula is C26H34N4O3. The van der Waals surface area contributed by atoms with Crippen LogP contribution in [0.25, 0.3) is 0 Å². The molecule has 4 rings (SSSR count). The van der Waals surface area contributed by atoms with Crippen LogP contribution in [0.5, 0.6) is 5.75 Å². The van der Waals surface area contributed by atoms with Gasteiger partial charge in [-0.05, 0) is 43.0 Å². The molecule has 0 radical (unpaired) electrons. The summed E-state index contributed by atoms with van der Waals surface area (Å²) < 4.78 is 5.86. The van der Waals surface area contributed by atoms with Crippen molar-refractivity contribution in [3.63, 3.8) is 0 Å². The second-order valence-corrected chi connectivity index (χ2v) is 8.99. The van der Waals surface area contributed by atoms with E-state index in [1.807, 2.05) is 69.3 Å². The highest BCUT2D eigenvalue weighted by molar-refractivity contribution is 5.99. The maximum Gasteiger partial charge on any atom is 0.232 e. The molecule has 1 unspecified atom stereocenters. The van der Waals surface area contributed by atoms with Crippen molar-refractivity contribution < 1.29 is 14.6 Å². The highest BCUT2D eigenvalue weighted by Gasteiger charge is 2.41. The Morgan fingerprint density at radius 3 is 2.61 bits per heavy atom. The van der Waals surface area contributed by atoms with Crippen molar-refractivity contribution in [2.45, 2.75) is 70.3 Å². The Hall–Kier alpha value is -2.90. The molecule has 0 saturated heterocycles. The number of guanidine groups is 1. The first-order valence-electron chi connectivity index (χ1n) is 11.8. The summed E-state index contributed by atoms with van der Waals surface area (Å²) in [7, 11) is 0. The zero-order valence-electron chi connectivity index (χ0n) is 19.6. The molecule has 2 aromatic rings. The number of nitrogens with one attached hydrogen (secondary N) is 1. The summed E-state index contributed by atoms with van der Waals surface area (Å²) in [5.41, 5.74) is 8.60. The van der Waals surface area contributed by atoms with Crippen LogP contribution in [-0.2, 0) is 4.79 Å². The van der Waals surface area contributed by atoms with Gasteiger partial charge in [-0.1, -0.05) is 50.2 Å². The van der Waals surface area contributed by atoms with Crippen LogP contribution in [0.1, 0.15) is 81.5 Å². The third-order valence-corrected chi connectivity index (χ3v) is 7.04. The highest BCUT2D eigenvalue weighted by atomic mass is 16.5. The fourth-order valence-corrected chi connectivity index (χ4v) is 4.83. The second kappa shape index (κ2) is 9.53. The minimum atomic E-state index is -0.871. The normalized spacial score (nSPS) is 21.6. The number of aliphatic hydroxyl groups excluding tert-OH is 1. The van der Waals surface area contributed by atoms with Crippen molar-refractivity contribution in [1.29, 1.82) is 0 Å². The number of hydrogen-bond acceptors (Lipinski definition) is 6. The maximum absolute atomic E-state index is 13.2. The third-order valence-electron chi connectivity index (χ3n) is 7.04. The Balaban J connectivity index is 1.60. The molecule has 0 aliphatic carbocycles. The van der Waals surface area contributed by atoms with Gasteiger partial charge in [0.05, 0.1) is 24.6 Å². The van der Waals surface area contributed by atoms with Gasteiger partial charge in [0.2, 0.25) is 5.91 Å². The number of benzene rings is 2. The summed E-state index contributed by atoms with van der Waals surface area (Å²) in [5, 5.41) is 14.1. The molecule has 3 atom stereocenters. The van der Waals surface area contributed by atoms with Gasteiger partial charge >= 0.3 is 0 Å². The number of nitrogens with zero attached hydrogens (tertiary/aromatic N) is 2. The van der Waals surface area contributed by atoms with E-state index in [1.165, 1.54) is 0 Å². The lowest BCUT2D eigenvalue weighted by molar-refractivity contribution is -0.132. The Bertz CT molecular complexity index is 1020. The average Bonchev–Trinajstić information content (AvgIpc) is 2.83. The monoisotopic (exact) mass is 450 g/mol. The van der Waals surface area contributed by atoms with Crippen molar-refractivity contribution in [3.8, 4) is 5.75 Å². The van der Waals surface area contributed by atoms with Gasteiger partial charge in [-0.3, -0.25) is 15.0 Å². The van der Waals surface area contributed by atoms with Gasteiger partial charge in [-0.25, -0.2) is 4.99 Å². The number of aliphatic hydroxyl groups is 1. The molecule has 0 fully saturated rings. The topological polar surface area (TPSA) is 100 Å². The van der Waals surface area contributed by atoms with Crippen molar-refractivity contribution in [3.05, 3.63) is 65.2 Å². The van der Waals surface area contributed by atoms with Crippen molar-refractivity contribution >= 4 is 11.9 Å². The molecular weight excluding hydrogens is 416 g/mol. The number of carbonyl (C=O) groups is 1.